The van der Waals surface area contributed by atoms with Gasteiger partial charge in [-0.3, -0.25) is 14.2 Å². The van der Waals surface area contributed by atoms with Gasteiger partial charge in [0, 0.05) is 5.69 Å². The Hall–Kier alpha value is -4.34. The summed E-state index contributed by atoms with van der Waals surface area (Å²) >= 11 is 7.72. The Morgan fingerprint density at radius 1 is 1.07 bits per heavy atom. The van der Waals surface area contributed by atoms with Crippen molar-refractivity contribution in [3.8, 4) is 17.2 Å². The molecule has 42 heavy (non-hydrogen) atoms. The monoisotopic (exact) mass is 603 g/mol. The molecule has 1 aromatic heterocycles. The lowest BCUT2D eigenvalue weighted by Crippen LogP contribution is -2.40. The third-order valence-corrected chi connectivity index (χ3v) is 7.90. The number of aromatic nitrogens is 1. The predicted molar refractivity (Wildman–Crippen MR) is 166 cm³/mol. The molecule has 1 N–H and O–H groups in total. The van der Waals surface area contributed by atoms with Crippen molar-refractivity contribution in [1.82, 2.24) is 4.57 Å². The van der Waals surface area contributed by atoms with Crippen LogP contribution < -0.4 is 34.4 Å². The lowest BCUT2D eigenvalue weighted by Gasteiger charge is -2.25. The van der Waals surface area contributed by atoms with E-state index in [-0.39, 0.29) is 11.5 Å². The zero-order chi connectivity index (χ0) is 29.8. The number of para-hydroxylation sites is 1. The molecule has 1 aliphatic heterocycles. The molecule has 0 radical (unpaired) electrons. The molecular weight excluding hydrogens is 574 g/mol. The fourth-order valence-corrected chi connectivity index (χ4v) is 6.19. The van der Waals surface area contributed by atoms with Crippen LogP contribution in [0, 0.1) is 0 Å². The van der Waals surface area contributed by atoms with Gasteiger partial charge in [0.15, 0.2) is 16.3 Å². The Morgan fingerprint density at radius 3 is 2.45 bits per heavy atom. The number of allylic oxidation sites excluding steroid dienone is 1. The molecular formula is C32H30ClN3O5S. The highest BCUT2D eigenvalue weighted by molar-refractivity contribution is 7.07. The van der Waals surface area contributed by atoms with E-state index < -0.39 is 6.04 Å². The normalized spacial score (nSPS) is 14.7. The number of methoxy groups -OCH3 is 1. The summed E-state index contributed by atoms with van der Waals surface area (Å²) in [6, 6.07) is 19.4. The Kier molecular flexibility index (Phi) is 8.80. The van der Waals surface area contributed by atoms with E-state index in [9.17, 15) is 9.59 Å². The summed E-state index contributed by atoms with van der Waals surface area (Å²) in [5.74, 6) is 1.27. The van der Waals surface area contributed by atoms with E-state index in [1.165, 1.54) is 18.4 Å². The fourth-order valence-electron chi connectivity index (χ4n) is 4.84. The van der Waals surface area contributed by atoms with E-state index in [2.05, 4.69) is 5.32 Å². The van der Waals surface area contributed by atoms with Crippen molar-refractivity contribution in [3.63, 3.8) is 0 Å². The first-order valence-corrected chi connectivity index (χ1v) is 14.7. The van der Waals surface area contributed by atoms with Crippen LogP contribution in [-0.4, -0.2) is 30.8 Å². The highest BCUT2D eigenvalue weighted by Crippen LogP contribution is 2.36. The van der Waals surface area contributed by atoms with Crippen LogP contribution in [0.15, 0.2) is 87.8 Å². The first-order valence-electron chi connectivity index (χ1n) is 13.5. The maximum Gasteiger partial charge on any atom is 0.271 e. The topological polar surface area (TPSA) is 91.2 Å². The van der Waals surface area contributed by atoms with Crippen LogP contribution in [0.25, 0.3) is 6.08 Å². The number of amides is 1. The smallest absolute Gasteiger partial charge is 0.271 e. The van der Waals surface area contributed by atoms with E-state index >= 15 is 0 Å². The minimum Gasteiger partial charge on any atom is -0.494 e. The van der Waals surface area contributed by atoms with Gasteiger partial charge < -0.3 is 19.5 Å². The number of hydrogen-bond donors (Lipinski definition) is 1. The number of benzene rings is 3. The maximum atomic E-state index is 14.0. The molecule has 216 valence electrons. The Morgan fingerprint density at radius 2 is 1.79 bits per heavy atom. The third kappa shape index (κ3) is 5.84. The van der Waals surface area contributed by atoms with Gasteiger partial charge in [0.2, 0.25) is 0 Å². The Bertz CT molecular complexity index is 1830. The lowest BCUT2D eigenvalue weighted by molar-refractivity contribution is -0.113. The molecule has 0 aliphatic carbocycles. The minimum absolute atomic E-state index is 0.278. The highest BCUT2D eigenvalue weighted by atomic mass is 35.5. The third-order valence-electron chi connectivity index (χ3n) is 6.64. The molecule has 8 nitrogen and oxygen atoms in total. The van der Waals surface area contributed by atoms with Gasteiger partial charge in [-0.2, -0.15) is 0 Å². The summed E-state index contributed by atoms with van der Waals surface area (Å²) in [6.07, 6.45) is 1.75. The number of ether oxygens (including phenoxy) is 3. The summed E-state index contributed by atoms with van der Waals surface area (Å²) in [6.45, 7) is 6.52. The van der Waals surface area contributed by atoms with Gasteiger partial charge in [-0.05, 0) is 74.4 Å². The van der Waals surface area contributed by atoms with Crippen LogP contribution in [-0.2, 0) is 4.79 Å². The summed E-state index contributed by atoms with van der Waals surface area (Å²) < 4.78 is 18.8. The SMILES string of the molecule is CCOc1ccc([C@@H]2C(C(=O)Nc3ccccc3)=C(C)N=c3s/c(=C\c4cc(Cl)c(OC)c(OCC)c4)c(=O)n32)cc1. The first-order chi connectivity index (χ1) is 20.3. The Balaban J connectivity index is 1.66. The van der Waals surface area contributed by atoms with Gasteiger partial charge in [-0.25, -0.2) is 4.99 Å². The maximum absolute atomic E-state index is 14.0. The number of fused-ring (bicyclic) bond motifs is 1. The van der Waals surface area contributed by atoms with E-state index in [1.807, 2.05) is 68.4 Å². The van der Waals surface area contributed by atoms with Gasteiger partial charge >= 0.3 is 0 Å². The number of carbonyl (C=O) groups excluding carboxylic acids is 1. The number of carbonyl (C=O) groups is 1. The molecule has 5 rings (SSSR count). The summed E-state index contributed by atoms with van der Waals surface area (Å²) in [4.78, 5) is 33.0. The molecule has 1 atom stereocenters. The van der Waals surface area contributed by atoms with Crippen LogP contribution in [0.5, 0.6) is 17.2 Å². The van der Waals surface area contributed by atoms with Gasteiger partial charge in [-0.15, -0.1) is 0 Å². The quantitative estimate of drug-likeness (QED) is 0.279. The van der Waals surface area contributed by atoms with Crippen molar-refractivity contribution in [2.45, 2.75) is 26.8 Å². The largest absolute Gasteiger partial charge is 0.494 e. The van der Waals surface area contributed by atoms with Crippen molar-refractivity contribution in [2.75, 3.05) is 25.6 Å². The number of rotatable bonds is 9. The summed E-state index contributed by atoms with van der Waals surface area (Å²) in [7, 11) is 1.52. The molecule has 0 unspecified atom stereocenters. The van der Waals surface area contributed by atoms with E-state index in [1.54, 1.807) is 29.7 Å². The molecule has 1 aliphatic rings. The van der Waals surface area contributed by atoms with Gasteiger partial charge in [0.05, 0.1) is 47.2 Å². The van der Waals surface area contributed by atoms with Gasteiger partial charge in [0.1, 0.15) is 5.75 Å². The Labute approximate surface area is 252 Å². The predicted octanol–water partition coefficient (Wildman–Crippen LogP) is 5.33. The average molecular weight is 604 g/mol. The van der Waals surface area contributed by atoms with Crippen molar-refractivity contribution in [2.24, 2.45) is 4.99 Å². The highest BCUT2D eigenvalue weighted by Gasteiger charge is 2.32. The first kappa shape index (κ1) is 29.2. The van der Waals surface area contributed by atoms with Gasteiger partial charge in [0.25, 0.3) is 11.5 Å². The molecule has 4 aromatic rings. The van der Waals surface area contributed by atoms with Crippen LogP contribution in [0.2, 0.25) is 5.02 Å². The number of anilines is 1. The number of thiazole rings is 1. The number of nitrogens with zero attached hydrogens (tertiary/aromatic N) is 2. The van der Waals surface area contributed by atoms with Crippen molar-refractivity contribution < 1.29 is 19.0 Å². The molecule has 0 spiro atoms. The van der Waals surface area contributed by atoms with E-state index in [0.717, 1.165) is 5.56 Å². The molecule has 1 amide bonds. The van der Waals surface area contributed by atoms with E-state index in [0.29, 0.717) is 67.3 Å². The van der Waals surface area contributed by atoms with Crippen LogP contribution in [0.1, 0.15) is 37.9 Å². The molecule has 10 heteroatoms. The fraction of sp³-hybridized carbons (Fsp3) is 0.219. The minimum atomic E-state index is -0.707. The van der Waals surface area contributed by atoms with E-state index in [4.69, 9.17) is 30.8 Å². The molecule has 3 aromatic carbocycles. The standard InChI is InChI=1S/C32H30ClN3O5S/c1-5-40-23-14-12-21(13-15-23)28-27(30(37)35-22-10-8-7-9-11-22)19(3)34-32-36(28)31(38)26(42-32)18-20-16-24(33)29(39-4)25(17-20)41-6-2/h7-18,28H,5-6H2,1-4H3,(H,35,37)/b26-18-/t28-/m1/s1. The second kappa shape index (κ2) is 12.7. The van der Waals surface area contributed by atoms with Crippen molar-refractivity contribution >= 4 is 40.6 Å². The number of hydrogen-bond acceptors (Lipinski definition) is 7. The zero-order valence-corrected chi connectivity index (χ0v) is 25.2. The number of nitrogens with one attached hydrogen (secondary N) is 1. The van der Waals surface area contributed by atoms with Crippen molar-refractivity contribution in [1.29, 1.82) is 0 Å². The lowest BCUT2D eigenvalue weighted by atomic mass is 9.95. The second-order valence-corrected chi connectivity index (χ2v) is 10.8. The van der Waals surface area contributed by atoms with Crippen LogP contribution in [0.3, 0.4) is 0 Å². The van der Waals surface area contributed by atoms with Crippen LogP contribution >= 0.6 is 22.9 Å². The summed E-state index contributed by atoms with van der Waals surface area (Å²) in [5, 5.41) is 3.33. The van der Waals surface area contributed by atoms with Gasteiger partial charge in [-0.1, -0.05) is 53.3 Å². The van der Waals surface area contributed by atoms with Crippen molar-refractivity contribution in [3.05, 3.63) is 114 Å². The molecule has 0 fully saturated rings. The summed E-state index contributed by atoms with van der Waals surface area (Å²) in [5.41, 5.74) is 2.70. The molecule has 2 heterocycles. The molecule has 0 saturated heterocycles. The average Bonchev–Trinajstić information content (AvgIpc) is 3.27. The second-order valence-electron chi connectivity index (χ2n) is 9.37. The zero-order valence-electron chi connectivity index (χ0n) is 23.6. The molecule has 0 bridgehead atoms. The molecule has 0 saturated carbocycles. The number of halogens is 1. The van der Waals surface area contributed by atoms with Crippen LogP contribution in [0.4, 0.5) is 5.69 Å².